The van der Waals surface area contributed by atoms with Gasteiger partial charge in [-0.25, -0.2) is 10.0 Å². The molecule has 1 fully saturated rings. The molecule has 1 saturated heterocycles. The van der Waals surface area contributed by atoms with Crippen LogP contribution in [0.15, 0.2) is 29.6 Å². The minimum atomic E-state index is -0.967. The maximum atomic E-state index is 14.6. The Hall–Kier alpha value is -3.92. The number of amides is 3. The predicted molar refractivity (Wildman–Crippen MR) is 214 cm³/mol. The first kappa shape index (κ1) is 46.5. The zero-order valence-corrected chi connectivity index (χ0v) is 35.1. The molecular weight excluding hydrogens is 739 g/mol. The highest BCUT2D eigenvalue weighted by Gasteiger charge is 2.40. The Balaban J connectivity index is 1.91. The van der Waals surface area contributed by atoms with Crippen LogP contribution in [0.3, 0.4) is 0 Å². The van der Waals surface area contributed by atoms with E-state index in [0.717, 1.165) is 41.9 Å². The average molecular weight is 802 g/mol. The number of aliphatic hydroxyl groups excluding tert-OH is 1. The number of aromatic nitrogens is 1. The number of benzene rings is 1. The lowest BCUT2D eigenvalue weighted by Gasteiger charge is -2.39. The fourth-order valence-corrected chi connectivity index (χ4v) is 7.65. The molecule has 3 rings (SSSR count). The number of carboxylic acid groups (broad SMARTS) is 1. The van der Waals surface area contributed by atoms with Gasteiger partial charge in [-0.15, -0.1) is 11.3 Å². The van der Waals surface area contributed by atoms with Gasteiger partial charge in [-0.2, -0.15) is 0 Å². The Morgan fingerprint density at radius 2 is 1.75 bits per heavy atom. The molecule has 2 heterocycles. The Labute approximate surface area is 335 Å². The minimum absolute atomic E-state index is 0.0298. The number of aliphatic carboxylic acids is 1. The van der Waals surface area contributed by atoms with Crippen molar-refractivity contribution in [2.24, 2.45) is 17.8 Å². The smallest absolute Gasteiger partial charge is 0.306 e. The van der Waals surface area contributed by atoms with Gasteiger partial charge in [0, 0.05) is 31.4 Å². The summed E-state index contributed by atoms with van der Waals surface area (Å²) in [6.07, 6.45) is 3.21. The number of aliphatic hydroxyl groups is 1. The summed E-state index contributed by atoms with van der Waals surface area (Å²) in [6, 6.07) is 5.40. The van der Waals surface area contributed by atoms with Gasteiger partial charge in [0.25, 0.3) is 11.8 Å². The third-order valence-electron chi connectivity index (χ3n) is 10.5. The summed E-state index contributed by atoms with van der Waals surface area (Å²) in [6.45, 7) is 13.2. The van der Waals surface area contributed by atoms with E-state index in [0.29, 0.717) is 24.3 Å². The average Bonchev–Trinajstić information content (AvgIpc) is 3.65. The molecule has 15 heteroatoms. The lowest BCUT2D eigenvalue weighted by Crippen LogP contribution is -2.58. The standard InChI is InChI=1S/C41H63N5O9S/c1-9-27(5)36(44-38(50)33-13-10-11-18-45(33)8)40(51)46(54-20-12-19-47)34(25(2)3)23-35(55-29(7)48)39-43-32(24-56-39)37(49)42-31(21-28(6)41(52)53)22-30-16-14-26(4)15-17-30/h14-17,24-25,27-28,31,33-36,47H,9-13,18-23H2,1-8H3,(H,42,49)(H,44,50)(H,52,53)/t27-,28-,31+,33+,34+,35+,36-/m0/s1. The number of carbonyl (C=O) groups is 5. The quantitative estimate of drug-likeness (QED) is 0.0707. The van der Waals surface area contributed by atoms with Gasteiger partial charge in [-0.3, -0.25) is 33.7 Å². The third kappa shape index (κ3) is 13.9. The molecular formula is C41H63N5O9S. The molecule has 0 unspecified atom stereocenters. The number of likely N-dealkylation sites (tertiary alicyclic amines) is 1. The van der Waals surface area contributed by atoms with Gasteiger partial charge in [-0.1, -0.05) is 77.3 Å². The number of likely N-dealkylation sites (N-methyl/N-ethyl adjacent to an activating group) is 1. The first-order chi connectivity index (χ1) is 26.6. The molecule has 1 aliphatic rings. The van der Waals surface area contributed by atoms with E-state index in [1.54, 1.807) is 12.3 Å². The number of nitrogens with zero attached hydrogens (tertiary/aromatic N) is 3. The molecule has 0 radical (unpaired) electrons. The second kappa shape index (κ2) is 22.7. The number of esters is 1. The summed E-state index contributed by atoms with van der Waals surface area (Å²) >= 11 is 1.13. The van der Waals surface area contributed by atoms with Gasteiger partial charge >= 0.3 is 11.9 Å². The number of hydrogen-bond donors (Lipinski definition) is 4. The monoisotopic (exact) mass is 801 g/mol. The van der Waals surface area contributed by atoms with E-state index >= 15 is 0 Å². The first-order valence-corrected chi connectivity index (χ1v) is 20.7. The molecule has 0 aliphatic carbocycles. The van der Waals surface area contributed by atoms with Crippen molar-refractivity contribution in [3.63, 3.8) is 0 Å². The number of rotatable bonds is 22. The minimum Gasteiger partial charge on any atom is -0.481 e. The molecule has 1 aromatic carbocycles. The van der Waals surface area contributed by atoms with Crippen molar-refractivity contribution < 1.29 is 43.8 Å². The molecule has 0 saturated carbocycles. The molecule has 56 heavy (non-hydrogen) atoms. The molecule has 14 nitrogen and oxygen atoms in total. The molecule has 1 aliphatic heterocycles. The van der Waals surface area contributed by atoms with Crippen LogP contribution in [-0.2, 0) is 35.2 Å². The predicted octanol–water partition coefficient (Wildman–Crippen LogP) is 5.08. The molecule has 312 valence electrons. The van der Waals surface area contributed by atoms with Gasteiger partial charge in [-0.05, 0) is 70.0 Å². The lowest BCUT2D eigenvalue weighted by molar-refractivity contribution is -0.214. The number of hydroxylamine groups is 2. The SMILES string of the molecule is CC[C@H](C)[C@H](NC(=O)[C@H]1CCCCN1C)C(=O)N(OCCCO)[C@H](C[C@@H](OC(C)=O)c1nc(C(=O)N[C@@H](Cc2ccc(C)cc2)C[C@H](C)C(=O)O)cs1)C(C)C. The highest BCUT2D eigenvalue weighted by atomic mass is 32.1. The van der Waals surface area contributed by atoms with Gasteiger partial charge in [0.2, 0.25) is 5.91 Å². The molecule has 0 bridgehead atoms. The van der Waals surface area contributed by atoms with Crippen molar-refractivity contribution in [2.75, 3.05) is 26.8 Å². The van der Waals surface area contributed by atoms with Gasteiger partial charge in [0.1, 0.15) is 16.7 Å². The number of piperidine rings is 1. The number of thiazole rings is 1. The van der Waals surface area contributed by atoms with E-state index in [1.165, 1.54) is 12.0 Å². The zero-order valence-electron chi connectivity index (χ0n) is 34.3. The van der Waals surface area contributed by atoms with E-state index in [4.69, 9.17) is 9.57 Å². The van der Waals surface area contributed by atoms with Gasteiger partial charge < -0.3 is 25.6 Å². The number of nitrogens with one attached hydrogen (secondary N) is 2. The van der Waals surface area contributed by atoms with Crippen molar-refractivity contribution in [2.45, 2.75) is 130 Å². The second-order valence-corrected chi connectivity index (χ2v) is 16.4. The number of ether oxygens (including phenoxy) is 1. The third-order valence-corrected chi connectivity index (χ3v) is 11.4. The Morgan fingerprint density at radius 3 is 2.34 bits per heavy atom. The topological polar surface area (TPSA) is 188 Å². The maximum Gasteiger partial charge on any atom is 0.306 e. The summed E-state index contributed by atoms with van der Waals surface area (Å²) < 4.78 is 5.80. The largest absolute Gasteiger partial charge is 0.481 e. The molecule has 2 aromatic rings. The summed E-state index contributed by atoms with van der Waals surface area (Å²) in [4.78, 5) is 78.8. The van der Waals surface area contributed by atoms with Crippen LogP contribution in [0.5, 0.6) is 0 Å². The molecule has 4 N–H and O–H groups in total. The van der Waals surface area contributed by atoms with Crippen LogP contribution in [0.2, 0.25) is 0 Å². The summed E-state index contributed by atoms with van der Waals surface area (Å²) in [5.74, 6) is -3.88. The van der Waals surface area contributed by atoms with Crippen molar-refractivity contribution in [1.29, 1.82) is 0 Å². The molecule has 7 atom stereocenters. The Kier molecular flexibility index (Phi) is 18.9. The van der Waals surface area contributed by atoms with Crippen LogP contribution in [0.4, 0.5) is 0 Å². The van der Waals surface area contributed by atoms with Crippen LogP contribution in [-0.4, -0.2) is 106 Å². The van der Waals surface area contributed by atoms with Crippen LogP contribution in [0.25, 0.3) is 0 Å². The van der Waals surface area contributed by atoms with E-state index < -0.39 is 53.9 Å². The number of aryl methyl sites for hydroxylation is 1. The summed E-state index contributed by atoms with van der Waals surface area (Å²) in [7, 11) is 1.91. The first-order valence-electron chi connectivity index (χ1n) is 19.8. The highest BCUT2D eigenvalue weighted by Crippen LogP contribution is 2.32. The summed E-state index contributed by atoms with van der Waals surface area (Å²) in [5.41, 5.74) is 2.11. The van der Waals surface area contributed by atoms with E-state index in [-0.39, 0.29) is 62.0 Å². The van der Waals surface area contributed by atoms with Crippen molar-refractivity contribution in [1.82, 2.24) is 25.6 Å². The van der Waals surface area contributed by atoms with Crippen molar-refractivity contribution in [3.05, 3.63) is 51.5 Å². The Bertz CT molecular complexity index is 1590. The van der Waals surface area contributed by atoms with Crippen LogP contribution in [0.1, 0.15) is 119 Å². The molecule has 0 spiro atoms. The fourth-order valence-electron chi connectivity index (χ4n) is 6.81. The van der Waals surface area contributed by atoms with Crippen LogP contribution < -0.4 is 10.6 Å². The van der Waals surface area contributed by atoms with E-state index in [9.17, 15) is 34.2 Å². The fraction of sp³-hybridized carbons (Fsp3) is 0.659. The maximum absolute atomic E-state index is 14.6. The number of carboxylic acids is 1. The van der Waals surface area contributed by atoms with Crippen molar-refractivity contribution in [3.8, 4) is 0 Å². The van der Waals surface area contributed by atoms with Crippen LogP contribution in [0, 0.1) is 24.7 Å². The number of carbonyl (C=O) groups excluding carboxylic acids is 4. The normalized spacial score (nSPS) is 17.9. The van der Waals surface area contributed by atoms with Crippen LogP contribution >= 0.6 is 11.3 Å². The summed E-state index contributed by atoms with van der Waals surface area (Å²) in [5, 5.41) is 28.4. The second-order valence-electron chi connectivity index (χ2n) is 15.5. The Morgan fingerprint density at radius 1 is 1.05 bits per heavy atom. The van der Waals surface area contributed by atoms with Gasteiger partial charge in [0.15, 0.2) is 6.10 Å². The zero-order chi connectivity index (χ0) is 41.5. The lowest BCUT2D eigenvalue weighted by atomic mass is 9.93. The van der Waals surface area contributed by atoms with E-state index in [2.05, 4.69) is 15.6 Å². The highest BCUT2D eigenvalue weighted by molar-refractivity contribution is 7.09. The number of hydrogen-bond acceptors (Lipinski definition) is 11. The molecule has 3 amide bonds. The van der Waals surface area contributed by atoms with Gasteiger partial charge in [0.05, 0.1) is 24.6 Å². The van der Waals surface area contributed by atoms with E-state index in [1.807, 2.05) is 70.8 Å². The molecule has 1 aromatic heterocycles. The van der Waals surface area contributed by atoms with Crippen molar-refractivity contribution >= 4 is 41.0 Å².